The summed E-state index contributed by atoms with van der Waals surface area (Å²) < 4.78 is 22.4. The zero-order valence-corrected chi connectivity index (χ0v) is 20.2. The molecule has 0 saturated heterocycles. The molecular formula is C19H25BrClNO7S. The van der Waals surface area contributed by atoms with Crippen molar-refractivity contribution in [2.45, 2.75) is 56.3 Å². The molecule has 0 aliphatic heterocycles. The lowest BCUT2D eigenvalue weighted by atomic mass is 10.2. The summed E-state index contributed by atoms with van der Waals surface area (Å²) in [7, 11) is 0. The van der Waals surface area contributed by atoms with Crippen LogP contribution >= 0.6 is 39.3 Å². The van der Waals surface area contributed by atoms with E-state index in [9.17, 15) is 14.4 Å². The van der Waals surface area contributed by atoms with E-state index in [1.54, 1.807) is 25.1 Å². The van der Waals surface area contributed by atoms with Gasteiger partial charge in [0.15, 0.2) is 0 Å². The van der Waals surface area contributed by atoms with Gasteiger partial charge in [-0.3, -0.25) is 14.4 Å². The number of esters is 3. The van der Waals surface area contributed by atoms with Gasteiger partial charge in [-0.2, -0.15) is 0 Å². The van der Waals surface area contributed by atoms with Gasteiger partial charge in [-0.15, -0.1) is 0 Å². The van der Waals surface area contributed by atoms with E-state index in [4.69, 9.17) is 36.3 Å². The average Bonchev–Trinajstić information content (AvgIpc) is 2.64. The van der Waals surface area contributed by atoms with Crippen LogP contribution in [0.25, 0.3) is 0 Å². The van der Waals surface area contributed by atoms with Crippen LogP contribution in [0.4, 0.5) is 0 Å². The van der Waals surface area contributed by atoms with Gasteiger partial charge >= 0.3 is 17.9 Å². The molecule has 0 spiro atoms. The highest BCUT2D eigenvalue weighted by Crippen LogP contribution is 2.33. The molecule has 0 amide bonds. The van der Waals surface area contributed by atoms with Gasteiger partial charge in [-0.1, -0.05) is 23.4 Å². The van der Waals surface area contributed by atoms with Crippen LogP contribution < -0.4 is 5.73 Å². The van der Waals surface area contributed by atoms with Crippen LogP contribution in [0.3, 0.4) is 0 Å². The fourth-order valence-corrected chi connectivity index (χ4v) is 3.91. The highest BCUT2D eigenvalue weighted by Gasteiger charge is 2.32. The lowest BCUT2D eigenvalue weighted by molar-refractivity contribution is -0.169. The lowest BCUT2D eigenvalue weighted by Gasteiger charge is -2.31. The summed E-state index contributed by atoms with van der Waals surface area (Å²) >= 11 is 10.7. The van der Waals surface area contributed by atoms with Gasteiger partial charge in [0.05, 0.1) is 5.02 Å². The number of carbonyl (C=O) groups excluding carboxylic acids is 3. The van der Waals surface area contributed by atoms with Crippen molar-refractivity contribution < 1.29 is 33.3 Å². The maximum atomic E-state index is 11.5. The summed E-state index contributed by atoms with van der Waals surface area (Å²) in [4.78, 5) is 34.9. The molecular weight excluding hydrogens is 502 g/mol. The first-order valence-corrected chi connectivity index (χ1v) is 11.0. The molecule has 0 aromatic heterocycles. The number of nitrogens with two attached hydrogens (primary N) is 1. The van der Waals surface area contributed by atoms with E-state index in [0.717, 1.165) is 9.37 Å². The van der Waals surface area contributed by atoms with E-state index < -0.39 is 41.7 Å². The van der Waals surface area contributed by atoms with Gasteiger partial charge in [-0.05, 0) is 41.1 Å². The van der Waals surface area contributed by atoms with Crippen molar-refractivity contribution in [1.82, 2.24) is 0 Å². The van der Waals surface area contributed by atoms with Crippen molar-refractivity contribution in [3.8, 4) is 0 Å². The van der Waals surface area contributed by atoms with E-state index in [1.165, 1.54) is 32.5 Å². The van der Waals surface area contributed by atoms with Crippen LogP contribution in [0.5, 0.6) is 0 Å². The highest BCUT2D eigenvalue weighted by molar-refractivity contribution is 9.10. The van der Waals surface area contributed by atoms with Crippen molar-refractivity contribution in [3.05, 3.63) is 27.7 Å². The Kier molecular flexibility index (Phi) is 11.7. The second kappa shape index (κ2) is 13.2. The molecule has 0 aliphatic carbocycles. The number of hydrogen-bond acceptors (Lipinski definition) is 9. The van der Waals surface area contributed by atoms with E-state index in [2.05, 4.69) is 15.9 Å². The van der Waals surface area contributed by atoms with Crippen LogP contribution in [0.1, 0.15) is 27.7 Å². The molecule has 2 N–H and O–H groups in total. The number of rotatable bonds is 11. The monoisotopic (exact) mass is 525 g/mol. The Morgan fingerprint density at radius 3 is 2.23 bits per heavy atom. The molecule has 0 saturated carbocycles. The summed E-state index contributed by atoms with van der Waals surface area (Å²) in [6.45, 7) is 5.20. The van der Waals surface area contributed by atoms with Gasteiger partial charge in [0.2, 0.25) is 0 Å². The Morgan fingerprint density at radius 1 is 1.10 bits per heavy atom. The molecule has 168 valence electrons. The van der Waals surface area contributed by atoms with E-state index >= 15 is 0 Å². The molecule has 0 heterocycles. The number of carbonyl (C=O) groups is 3. The van der Waals surface area contributed by atoms with Crippen LogP contribution in [-0.4, -0.2) is 54.8 Å². The molecule has 0 radical (unpaired) electrons. The molecule has 1 rings (SSSR count). The molecule has 1 aromatic carbocycles. The predicted molar refractivity (Wildman–Crippen MR) is 116 cm³/mol. The van der Waals surface area contributed by atoms with Crippen LogP contribution in [0, 0.1) is 0 Å². The fourth-order valence-electron chi connectivity index (χ4n) is 2.30. The van der Waals surface area contributed by atoms with Gasteiger partial charge in [-0.25, -0.2) is 0 Å². The summed E-state index contributed by atoms with van der Waals surface area (Å²) in [5.41, 5.74) is 5.01. The first-order valence-electron chi connectivity index (χ1n) is 8.98. The van der Waals surface area contributed by atoms with Crippen molar-refractivity contribution in [2.75, 3.05) is 13.2 Å². The highest BCUT2D eigenvalue weighted by atomic mass is 79.9. The molecule has 0 bridgehead atoms. The first-order chi connectivity index (χ1) is 14.0. The summed E-state index contributed by atoms with van der Waals surface area (Å²) in [6.07, 6.45) is -2.39. The third kappa shape index (κ3) is 9.65. The van der Waals surface area contributed by atoms with Gasteiger partial charge in [0.25, 0.3) is 0 Å². The summed E-state index contributed by atoms with van der Waals surface area (Å²) in [5, 5.41) is 0.486. The van der Waals surface area contributed by atoms with Gasteiger partial charge in [0, 0.05) is 36.7 Å². The smallest absolute Gasteiger partial charge is 0.303 e. The Hall–Kier alpha value is -1.33. The van der Waals surface area contributed by atoms with Crippen molar-refractivity contribution >= 4 is 57.2 Å². The molecule has 11 heteroatoms. The van der Waals surface area contributed by atoms with Crippen LogP contribution in [0.15, 0.2) is 27.6 Å². The standard InChI is InChI=1S/C19H25BrClNO7S/c1-10(27-12(3)24)18(9-26-11(2)23)29-19(17(8-22)28-13(4)25)30-14-5-6-15(20)16(21)7-14/h5-7,10,17-19H,8-9,22H2,1-4H3/t10-,17+,18?,19?/m1/s1. The molecule has 0 fully saturated rings. The Labute approximate surface area is 193 Å². The molecule has 30 heavy (non-hydrogen) atoms. The molecule has 2 unspecified atom stereocenters. The second-order valence-electron chi connectivity index (χ2n) is 6.24. The average molecular weight is 527 g/mol. The Balaban J connectivity index is 3.15. The maximum Gasteiger partial charge on any atom is 0.303 e. The molecule has 8 nitrogen and oxygen atoms in total. The third-order valence-electron chi connectivity index (χ3n) is 3.63. The minimum atomic E-state index is -0.828. The van der Waals surface area contributed by atoms with Crippen molar-refractivity contribution in [2.24, 2.45) is 5.73 Å². The fraction of sp³-hybridized carbons (Fsp3) is 0.526. The number of halogens is 2. The SMILES string of the molecule is CC(=O)OCC(OC(Sc1ccc(Br)c(Cl)c1)[C@H](CN)OC(C)=O)[C@@H](C)OC(C)=O. The maximum absolute atomic E-state index is 11.5. The third-order valence-corrected chi connectivity index (χ3v) is 6.04. The minimum Gasteiger partial charge on any atom is -0.463 e. The largest absolute Gasteiger partial charge is 0.463 e. The quantitative estimate of drug-likeness (QED) is 0.201. The minimum absolute atomic E-state index is 0.0241. The number of ether oxygens (including phenoxy) is 4. The summed E-state index contributed by atoms with van der Waals surface area (Å²) in [5.74, 6) is -1.56. The lowest BCUT2D eigenvalue weighted by Crippen LogP contribution is -2.44. The van der Waals surface area contributed by atoms with Crippen LogP contribution in [0.2, 0.25) is 5.02 Å². The van der Waals surface area contributed by atoms with Gasteiger partial charge in [0.1, 0.15) is 30.4 Å². The molecule has 4 atom stereocenters. The Bertz CT molecular complexity index is 752. The first kappa shape index (κ1) is 26.7. The number of benzene rings is 1. The number of hydrogen-bond donors (Lipinski definition) is 1. The molecule has 1 aromatic rings. The van der Waals surface area contributed by atoms with E-state index in [1.807, 2.05) is 0 Å². The zero-order chi connectivity index (χ0) is 22.8. The number of thioether (sulfide) groups is 1. The second-order valence-corrected chi connectivity index (χ2v) is 8.67. The zero-order valence-electron chi connectivity index (χ0n) is 17.1. The van der Waals surface area contributed by atoms with Crippen LogP contribution in [-0.2, 0) is 33.3 Å². The van der Waals surface area contributed by atoms with E-state index in [-0.39, 0.29) is 13.2 Å². The van der Waals surface area contributed by atoms with Gasteiger partial charge < -0.3 is 24.7 Å². The van der Waals surface area contributed by atoms with Crippen molar-refractivity contribution in [1.29, 1.82) is 0 Å². The van der Waals surface area contributed by atoms with Crippen molar-refractivity contribution in [3.63, 3.8) is 0 Å². The normalized spacial score (nSPS) is 14.9. The molecule has 0 aliphatic rings. The van der Waals surface area contributed by atoms with E-state index in [0.29, 0.717) is 5.02 Å². The summed E-state index contributed by atoms with van der Waals surface area (Å²) in [6, 6.07) is 5.28. The predicted octanol–water partition coefficient (Wildman–Crippen LogP) is 3.31. The topological polar surface area (TPSA) is 114 Å². The Morgan fingerprint density at radius 2 is 1.73 bits per heavy atom.